The number of methoxy groups -OCH3 is 2. The SMILES string of the molecule is C=CC(=O)OCCOC(=O)CCCCCOC.C=CC(=O)OCCOC(=O)CCCCCOC.C=CC(=O)OCCOC(=O)CCCCCOC(=O)CC(=O)NCCNC(=O)CC(C)=O.CC(=O)CC(=O)NCCNC(=O)CC(=O)OCCOc1ccc(C(=O)C(C)(C)O)cc1.CC(C)(O)C(=O)c1ccc(OCCOC(=O)CC(=O)NCCNC(=O)CC(=O)OCCOc2ccc(C(=O)C(C)(C)O)cc2)cc1. The van der Waals surface area contributed by atoms with Gasteiger partial charge in [-0.2, -0.15) is 0 Å². The summed E-state index contributed by atoms with van der Waals surface area (Å²) in [5.41, 5.74) is -3.47. The van der Waals surface area contributed by atoms with Crippen LogP contribution in [0.5, 0.6) is 17.2 Å². The molecular weight excluding hydrogens is 1870 g/mol. The lowest BCUT2D eigenvalue weighted by atomic mass is 9.97. The number of unbranched alkanes of at least 4 members (excludes halogenated alkanes) is 6. The molecule has 0 aliphatic rings. The third-order valence-corrected chi connectivity index (χ3v) is 17.2. The van der Waals surface area contributed by atoms with Crippen LogP contribution in [0.3, 0.4) is 0 Å². The molecule has 0 heterocycles. The minimum atomic E-state index is -1.49. The highest BCUT2D eigenvalue weighted by atomic mass is 16.6. The van der Waals surface area contributed by atoms with Crippen LogP contribution >= 0.6 is 0 Å². The van der Waals surface area contributed by atoms with Gasteiger partial charge in [0.1, 0.15) is 151 Å². The molecule has 0 aliphatic carbocycles. The van der Waals surface area contributed by atoms with Crippen molar-refractivity contribution in [3.05, 3.63) is 127 Å². The van der Waals surface area contributed by atoms with Crippen molar-refractivity contribution >= 4 is 124 Å². The zero-order valence-corrected chi connectivity index (χ0v) is 82.4. The third kappa shape index (κ3) is 75.0. The highest BCUT2D eigenvalue weighted by Crippen LogP contribution is 2.21. The molecule has 0 radical (unpaired) electrons. The number of ketones is 5. The molecule has 142 heavy (non-hydrogen) atoms. The summed E-state index contributed by atoms with van der Waals surface area (Å²) in [5.74, 6) is -9.20. The van der Waals surface area contributed by atoms with Crippen LogP contribution in [0.25, 0.3) is 0 Å². The van der Waals surface area contributed by atoms with E-state index in [-0.39, 0.29) is 168 Å². The van der Waals surface area contributed by atoms with E-state index in [9.17, 15) is 116 Å². The summed E-state index contributed by atoms with van der Waals surface area (Å²) >= 11 is 0. The van der Waals surface area contributed by atoms with Crippen molar-refractivity contribution in [2.24, 2.45) is 0 Å². The Morgan fingerprint density at radius 1 is 0.261 bits per heavy atom. The number of nitrogens with one attached hydrogen (secondary N) is 6. The fourth-order valence-electron chi connectivity index (χ4n) is 10.3. The summed E-state index contributed by atoms with van der Waals surface area (Å²) in [6.45, 7) is 22.9. The van der Waals surface area contributed by atoms with E-state index < -0.39 is 143 Å². The van der Waals surface area contributed by atoms with Crippen molar-refractivity contribution in [3.63, 3.8) is 0 Å². The van der Waals surface area contributed by atoms with Crippen LogP contribution in [0.1, 0.15) is 202 Å². The van der Waals surface area contributed by atoms with E-state index in [0.29, 0.717) is 79.3 Å². The molecule has 3 aromatic carbocycles. The molecule has 0 saturated heterocycles. The number of hydrogen-bond donors (Lipinski definition) is 9. The van der Waals surface area contributed by atoms with Crippen LogP contribution in [0, 0.1) is 0 Å². The average molecular weight is 2010 g/mol. The Bertz CT molecular complexity index is 4300. The van der Waals surface area contributed by atoms with Crippen LogP contribution in [0.15, 0.2) is 111 Å². The molecule has 790 valence electrons. The second-order valence-electron chi connectivity index (χ2n) is 31.4. The Morgan fingerprint density at radius 3 is 0.669 bits per heavy atom. The fraction of sp³-hybridized carbons (Fsp3) is 0.536. The number of aliphatic hydroxyl groups is 3. The first-order chi connectivity index (χ1) is 67.2. The van der Waals surface area contributed by atoms with Crippen molar-refractivity contribution in [1.29, 1.82) is 0 Å². The first-order valence-electron chi connectivity index (χ1n) is 45.2. The minimum absolute atomic E-state index is 0.00937. The molecule has 3 aromatic rings. The number of ether oxygens (including phenoxy) is 15. The Morgan fingerprint density at radius 2 is 0.458 bits per heavy atom. The first kappa shape index (κ1) is 130. The molecule has 0 aliphatic heterocycles. The van der Waals surface area contributed by atoms with Crippen molar-refractivity contribution in [1.82, 2.24) is 31.9 Å². The van der Waals surface area contributed by atoms with Gasteiger partial charge < -0.3 is 118 Å². The van der Waals surface area contributed by atoms with Gasteiger partial charge in [-0.25, -0.2) is 14.4 Å². The summed E-state index contributed by atoms with van der Waals surface area (Å²) in [6, 6.07) is 18.4. The molecule has 3 rings (SSSR count). The van der Waals surface area contributed by atoms with Gasteiger partial charge >= 0.3 is 59.7 Å². The van der Waals surface area contributed by atoms with Gasteiger partial charge in [-0.05, 0) is 173 Å². The van der Waals surface area contributed by atoms with E-state index in [4.69, 9.17) is 56.8 Å². The molecule has 0 atom stereocenters. The molecule has 45 heteroatoms. The lowest BCUT2D eigenvalue weighted by Crippen LogP contribution is -2.36. The number of carbonyl (C=O) groups excluding carboxylic acids is 21. The molecular formula is C97H138N6O39. The van der Waals surface area contributed by atoms with E-state index in [0.717, 1.165) is 56.8 Å². The highest BCUT2D eigenvalue weighted by Gasteiger charge is 2.28. The third-order valence-electron chi connectivity index (χ3n) is 17.2. The van der Waals surface area contributed by atoms with Gasteiger partial charge in [-0.1, -0.05) is 32.6 Å². The van der Waals surface area contributed by atoms with Gasteiger partial charge in [0.25, 0.3) is 0 Å². The normalized spacial score (nSPS) is 10.4. The summed E-state index contributed by atoms with van der Waals surface area (Å²) < 4.78 is 74.4. The standard InChI is InChI=1S/C32H40N2O12.C21H28N2O8.C20H30N2O9.2C12H20O5/c1-31(2,41)29(39)21-5-9-23(10-6-21)43-15-17-45-27(37)19-25(35)33-13-14-34-26(36)20-28(38)46-18-16-44-24-11-7-22(8-12-24)30(40)32(3,4)42;1-14(24)12-17(25)22-8-9-23-18(26)13-19(27)31-11-10-30-16-6-4-15(5-7-16)20(28)21(2,3)29;1-3-18(26)30-11-12-31-19(27)7-5-4-6-10-29-20(28)14-17(25)22-9-8-21-16(24)13-15(2)23;2*1-3-11(13)16-9-10-17-12(14)7-5-4-6-8-15-2/h5-12,41-42H,13-20H2,1-4H3,(H,33,35)(H,34,36);4-7,29H,8-13H2,1-3H3,(H,22,25)(H,23,26);3H,1,4-14H2,2H3,(H,21,24)(H,22,25);2*3H,1,4-10H2,2H3. The summed E-state index contributed by atoms with van der Waals surface area (Å²) in [7, 11) is 3.30. The zero-order chi connectivity index (χ0) is 107. The van der Waals surface area contributed by atoms with E-state index in [1.165, 1.54) is 91.8 Å². The van der Waals surface area contributed by atoms with E-state index in [1.807, 2.05) is 0 Å². The Kier molecular flexibility index (Phi) is 72.1. The predicted molar refractivity (Wildman–Crippen MR) is 504 cm³/mol. The molecule has 9 N–H and O–H groups in total. The Balaban J connectivity index is 0. The van der Waals surface area contributed by atoms with Crippen LogP contribution in [0.4, 0.5) is 0 Å². The number of carbonyl (C=O) groups is 21. The van der Waals surface area contributed by atoms with Gasteiger partial charge in [0.05, 0.1) is 19.4 Å². The number of rotatable bonds is 69. The maximum atomic E-state index is 12.0. The van der Waals surface area contributed by atoms with Crippen molar-refractivity contribution < 1.29 is 187 Å². The molecule has 0 aromatic heterocycles. The smallest absolute Gasteiger partial charge is 0.330 e. The van der Waals surface area contributed by atoms with Gasteiger partial charge in [0, 0.05) is 121 Å². The van der Waals surface area contributed by atoms with E-state index in [2.05, 4.69) is 65.8 Å². The maximum Gasteiger partial charge on any atom is 0.330 e. The molecule has 0 bridgehead atoms. The van der Waals surface area contributed by atoms with Gasteiger partial charge in [0.2, 0.25) is 35.4 Å². The molecule has 6 amide bonds. The van der Waals surface area contributed by atoms with E-state index in [1.54, 1.807) is 50.6 Å². The van der Waals surface area contributed by atoms with Crippen molar-refractivity contribution in [2.45, 2.75) is 188 Å². The van der Waals surface area contributed by atoms with Crippen molar-refractivity contribution in [2.75, 3.05) is 153 Å². The second kappa shape index (κ2) is 78.7. The number of amides is 6. The molecule has 0 spiro atoms. The molecule has 0 saturated carbocycles. The lowest BCUT2D eigenvalue weighted by Gasteiger charge is -2.15. The van der Waals surface area contributed by atoms with Crippen molar-refractivity contribution in [3.8, 4) is 17.2 Å². The van der Waals surface area contributed by atoms with Crippen LogP contribution < -0.4 is 46.1 Å². The second-order valence-corrected chi connectivity index (χ2v) is 31.4. The maximum absolute atomic E-state index is 12.0. The minimum Gasteiger partial charge on any atom is -0.490 e. The fourth-order valence-corrected chi connectivity index (χ4v) is 10.3. The van der Waals surface area contributed by atoms with Gasteiger partial charge in [-0.3, -0.25) is 86.3 Å². The monoisotopic (exact) mass is 2010 g/mol. The summed E-state index contributed by atoms with van der Waals surface area (Å²) in [4.78, 5) is 240. The topological polar surface area (TPSA) is 630 Å². The summed E-state index contributed by atoms with van der Waals surface area (Å²) in [5, 5.41) is 44.0. The van der Waals surface area contributed by atoms with Gasteiger partial charge in [-0.15, -0.1) is 0 Å². The predicted octanol–water partition coefficient (Wildman–Crippen LogP) is 4.21. The number of benzene rings is 3. The number of Topliss-reactive ketones (excluding diaryl/α,β-unsaturated/α-hetero) is 5. The highest BCUT2D eigenvalue weighted by molar-refractivity contribution is 6.04. The molecule has 0 fully saturated rings. The Labute approximate surface area is 824 Å². The molecule has 0 unspecified atom stereocenters. The van der Waals surface area contributed by atoms with Crippen LogP contribution in [-0.4, -0.2) is 309 Å². The molecule has 45 nitrogen and oxygen atoms in total. The zero-order valence-electron chi connectivity index (χ0n) is 82.4. The summed E-state index contributed by atoms with van der Waals surface area (Å²) in [6.07, 6.45) is 8.72. The van der Waals surface area contributed by atoms with Gasteiger partial charge in [0.15, 0.2) is 17.3 Å². The largest absolute Gasteiger partial charge is 0.490 e. The first-order valence-corrected chi connectivity index (χ1v) is 45.2. The quantitative estimate of drug-likeness (QED) is 0.00954. The number of hydrogen-bond acceptors (Lipinski definition) is 39. The Hall–Kier alpha value is -14.1. The lowest BCUT2D eigenvalue weighted by molar-refractivity contribution is -0.150. The van der Waals surface area contributed by atoms with Crippen LogP contribution in [-0.2, 0) is 143 Å². The number of esters is 10. The van der Waals surface area contributed by atoms with Crippen LogP contribution in [0.2, 0.25) is 0 Å². The van der Waals surface area contributed by atoms with E-state index >= 15 is 0 Å². The average Bonchev–Trinajstić information content (AvgIpc) is 0.856.